The Morgan fingerprint density at radius 3 is 2.76 bits per heavy atom. The van der Waals surface area contributed by atoms with Gasteiger partial charge in [0, 0.05) is 29.8 Å². The summed E-state index contributed by atoms with van der Waals surface area (Å²) in [6.07, 6.45) is 3.57. The molecule has 0 aromatic carbocycles. The number of nitrogens with zero attached hydrogens (tertiary/aromatic N) is 2. The van der Waals surface area contributed by atoms with E-state index in [1.807, 2.05) is 0 Å². The van der Waals surface area contributed by atoms with Crippen LogP contribution in [-0.2, 0) is 25.7 Å². The first-order chi connectivity index (χ1) is 10.1. The van der Waals surface area contributed by atoms with Crippen molar-refractivity contribution in [2.45, 2.75) is 13.5 Å². The molecule has 0 aliphatic heterocycles. The third-order valence-electron chi connectivity index (χ3n) is 2.36. The lowest BCUT2D eigenvalue weighted by atomic mass is 10.4. The highest BCUT2D eigenvalue weighted by Gasteiger charge is 2.06. The van der Waals surface area contributed by atoms with Gasteiger partial charge in [-0.1, -0.05) is 0 Å². The number of thiazole rings is 1. The van der Waals surface area contributed by atoms with E-state index in [0.29, 0.717) is 10.7 Å². The Balaban J connectivity index is 1.96. The highest BCUT2D eigenvalue weighted by molar-refractivity contribution is 7.15. The number of carbonyl (C=O) groups is 2. The standard InChI is InChI=1S/C13H12N2O5S/c1-2-19-11(17)3-4-12(18)20-8-9-7-10(16)15-5-6-21-13(15)14-9/h3-7H,2,8H2,1H3. The van der Waals surface area contributed by atoms with Crippen LogP contribution in [0.1, 0.15) is 12.6 Å². The second-order valence-corrected chi connectivity index (χ2v) is 4.71. The van der Waals surface area contributed by atoms with Crippen LogP contribution < -0.4 is 5.56 Å². The van der Waals surface area contributed by atoms with E-state index in [0.717, 1.165) is 12.2 Å². The van der Waals surface area contributed by atoms with Crippen molar-refractivity contribution in [2.24, 2.45) is 0 Å². The zero-order valence-corrected chi connectivity index (χ0v) is 12.0. The second kappa shape index (κ2) is 6.80. The number of hydrogen-bond donors (Lipinski definition) is 0. The first kappa shape index (κ1) is 14.9. The molecule has 0 amide bonds. The van der Waals surface area contributed by atoms with E-state index < -0.39 is 11.9 Å². The minimum absolute atomic E-state index is 0.143. The molecule has 2 aromatic heterocycles. The predicted molar refractivity (Wildman–Crippen MR) is 74.9 cm³/mol. The van der Waals surface area contributed by atoms with Gasteiger partial charge in [-0.25, -0.2) is 14.6 Å². The molecule has 21 heavy (non-hydrogen) atoms. The van der Waals surface area contributed by atoms with Crippen molar-refractivity contribution in [2.75, 3.05) is 6.61 Å². The number of hydrogen-bond acceptors (Lipinski definition) is 7. The summed E-state index contributed by atoms with van der Waals surface area (Å²) in [5.74, 6) is -1.33. The van der Waals surface area contributed by atoms with Gasteiger partial charge in [-0.2, -0.15) is 0 Å². The lowest BCUT2D eigenvalue weighted by Crippen LogP contribution is -2.14. The van der Waals surface area contributed by atoms with Crippen molar-refractivity contribution >= 4 is 28.2 Å². The summed E-state index contributed by atoms with van der Waals surface area (Å²) < 4.78 is 10.9. The third-order valence-corrected chi connectivity index (χ3v) is 3.12. The molecule has 0 fully saturated rings. The molecule has 0 unspecified atom stereocenters. The highest BCUT2D eigenvalue weighted by atomic mass is 32.1. The summed E-state index contributed by atoms with van der Waals surface area (Å²) in [6, 6.07) is 1.29. The van der Waals surface area contributed by atoms with Crippen LogP contribution in [0.15, 0.2) is 34.6 Å². The van der Waals surface area contributed by atoms with Crippen molar-refractivity contribution in [3.63, 3.8) is 0 Å². The molecule has 2 aromatic rings. The van der Waals surface area contributed by atoms with E-state index in [1.165, 1.54) is 21.8 Å². The van der Waals surface area contributed by atoms with Crippen molar-refractivity contribution in [3.8, 4) is 0 Å². The molecule has 0 spiro atoms. The Hall–Kier alpha value is -2.48. The van der Waals surface area contributed by atoms with Gasteiger partial charge in [0.25, 0.3) is 5.56 Å². The predicted octanol–water partition coefficient (Wildman–Crippen LogP) is 0.918. The van der Waals surface area contributed by atoms with Crippen molar-refractivity contribution < 1.29 is 19.1 Å². The number of fused-ring (bicyclic) bond motifs is 1. The van der Waals surface area contributed by atoms with E-state index in [4.69, 9.17) is 4.74 Å². The molecule has 110 valence electrons. The lowest BCUT2D eigenvalue weighted by molar-refractivity contribution is -0.141. The number of carbonyl (C=O) groups excluding carboxylic acids is 2. The smallest absolute Gasteiger partial charge is 0.331 e. The molecule has 2 heterocycles. The van der Waals surface area contributed by atoms with Gasteiger partial charge in [-0.15, -0.1) is 11.3 Å². The lowest BCUT2D eigenvalue weighted by Gasteiger charge is -2.01. The number of ether oxygens (including phenoxy) is 2. The summed E-state index contributed by atoms with van der Waals surface area (Å²) >= 11 is 1.31. The summed E-state index contributed by atoms with van der Waals surface area (Å²) in [5.41, 5.74) is 0.106. The van der Waals surface area contributed by atoms with Gasteiger partial charge < -0.3 is 9.47 Å². The quantitative estimate of drug-likeness (QED) is 0.603. The maximum atomic E-state index is 11.7. The molecule has 2 rings (SSSR count). The first-order valence-corrected chi connectivity index (χ1v) is 6.95. The second-order valence-electron chi connectivity index (χ2n) is 3.83. The fraction of sp³-hybridized carbons (Fsp3) is 0.231. The topological polar surface area (TPSA) is 87.0 Å². The number of aromatic nitrogens is 2. The van der Waals surface area contributed by atoms with E-state index in [2.05, 4.69) is 9.72 Å². The van der Waals surface area contributed by atoms with Crippen molar-refractivity contribution in [1.29, 1.82) is 0 Å². The molecule has 7 nitrogen and oxygen atoms in total. The van der Waals surface area contributed by atoms with E-state index in [1.54, 1.807) is 18.5 Å². The van der Waals surface area contributed by atoms with Crippen LogP contribution in [0.25, 0.3) is 4.96 Å². The van der Waals surface area contributed by atoms with Crippen LogP contribution in [0.3, 0.4) is 0 Å². The van der Waals surface area contributed by atoms with Crippen molar-refractivity contribution in [1.82, 2.24) is 9.38 Å². The van der Waals surface area contributed by atoms with Crippen LogP contribution in [-0.4, -0.2) is 27.9 Å². The Labute approximate surface area is 123 Å². The minimum Gasteiger partial charge on any atom is -0.463 e. The zero-order chi connectivity index (χ0) is 15.2. The summed E-state index contributed by atoms with van der Waals surface area (Å²) in [6.45, 7) is 1.75. The maximum Gasteiger partial charge on any atom is 0.331 e. The first-order valence-electron chi connectivity index (χ1n) is 6.07. The maximum absolute atomic E-state index is 11.7. The molecule has 8 heteroatoms. The van der Waals surface area contributed by atoms with Crippen LogP contribution >= 0.6 is 11.3 Å². The van der Waals surface area contributed by atoms with Crippen LogP contribution in [0.5, 0.6) is 0 Å². The van der Waals surface area contributed by atoms with Gasteiger partial charge in [0.15, 0.2) is 4.96 Å². The fourth-order valence-corrected chi connectivity index (χ4v) is 2.22. The third kappa shape index (κ3) is 3.99. The largest absolute Gasteiger partial charge is 0.463 e. The summed E-state index contributed by atoms with van der Waals surface area (Å²) in [7, 11) is 0. The van der Waals surface area contributed by atoms with E-state index in [9.17, 15) is 14.4 Å². The SMILES string of the molecule is CCOC(=O)C=CC(=O)OCc1cc(=O)n2ccsc2n1. The number of rotatable bonds is 5. The van der Waals surface area contributed by atoms with Gasteiger partial charge >= 0.3 is 11.9 Å². The molecule has 0 radical (unpaired) electrons. The highest BCUT2D eigenvalue weighted by Crippen LogP contribution is 2.07. The zero-order valence-electron chi connectivity index (χ0n) is 11.1. The molecule has 0 aliphatic rings. The fourth-order valence-electron chi connectivity index (χ4n) is 1.48. The van der Waals surface area contributed by atoms with Gasteiger partial charge in [-0.05, 0) is 6.92 Å². The Kier molecular flexibility index (Phi) is 4.83. The van der Waals surface area contributed by atoms with Gasteiger partial charge in [-0.3, -0.25) is 9.20 Å². The normalized spacial score (nSPS) is 10.9. The van der Waals surface area contributed by atoms with Gasteiger partial charge in [0.05, 0.1) is 12.3 Å². The van der Waals surface area contributed by atoms with Crippen LogP contribution in [0, 0.1) is 0 Å². The number of esters is 2. The molecule has 0 saturated heterocycles. The van der Waals surface area contributed by atoms with E-state index >= 15 is 0 Å². The average molecular weight is 308 g/mol. The summed E-state index contributed by atoms with van der Waals surface area (Å²) in [4.78, 5) is 38.8. The molecule has 0 bridgehead atoms. The van der Waals surface area contributed by atoms with E-state index in [-0.39, 0.29) is 18.8 Å². The Bertz CT molecular complexity index is 746. The summed E-state index contributed by atoms with van der Waals surface area (Å²) in [5, 5.41) is 1.74. The van der Waals surface area contributed by atoms with Gasteiger partial charge in [0.2, 0.25) is 0 Å². The monoisotopic (exact) mass is 308 g/mol. The molecule has 0 atom stereocenters. The molecular weight excluding hydrogens is 296 g/mol. The molecule has 0 aliphatic carbocycles. The molecule has 0 saturated carbocycles. The average Bonchev–Trinajstić information content (AvgIpc) is 2.92. The Morgan fingerprint density at radius 1 is 1.33 bits per heavy atom. The molecule has 0 N–H and O–H groups in total. The minimum atomic E-state index is -0.712. The van der Waals surface area contributed by atoms with Gasteiger partial charge in [0.1, 0.15) is 6.61 Å². The molecular formula is C13H12N2O5S. The van der Waals surface area contributed by atoms with Crippen LogP contribution in [0.2, 0.25) is 0 Å². The van der Waals surface area contributed by atoms with Crippen LogP contribution in [0.4, 0.5) is 0 Å². The Morgan fingerprint density at radius 2 is 2.05 bits per heavy atom. The van der Waals surface area contributed by atoms with Crippen molar-refractivity contribution in [3.05, 3.63) is 45.8 Å².